The minimum atomic E-state index is -0.920. The number of aliphatic hydroxyl groups excluding tert-OH is 1. The van der Waals surface area contributed by atoms with Crippen molar-refractivity contribution in [1.82, 2.24) is 0 Å². The Hall–Kier alpha value is -2.14. The molecule has 2 aromatic rings. The summed E-state index contributed by atoms with van der Waals surface area (Å²) in [4.78, 5) is 0. The number of halogens is 2. The van der Waals surface area contributed by atoms with E-state index in [1.54, 1.807) is 18.2 Å². The highest BCUT2D eigenvalue weighted by molar-refractivity contribution is 5.46. The predicted octanol–water partition coefficient (Wildman–Crippen LogP) is 3.43. The molecule has 0 aromatic heterocycles. The topological polar surface area (TPSA) is 38.7 Å². The van der Waals surface area contributed by atoms with Crippen LogP contribution in [0.25, 0.3) is 0 Å². The number of ether oxygens (including phenoxy) is 2. The molecule has 112 valence electrons. The van der Waals surface area contributed by atoms with Crippen molar-refractivity contribution < 1.29 is 23.4 Å². The zero-order valence-corrected chi connectivity index (χ0v) is 11.6. The van der Waals surface area contributed by atoms with Crippen molar-refractivity contribution in [3.05, 3.63) is 59.2 Å². The van der Waals surface area contributed by atoms with Crippen molar-refractivity contribution in [2.75, 3.05) is 6.61 Å². The van der Waals surface area contributed by atoms with Gasteiger partial charge in [-0.05, 0) is 30.7 Å². The molecule has 0 atom stereocenters. The molecule has 1 N–H and O–H groups in total. The highest BCUT2D eigenvalue weighted by Gasteiger charge is 2.11. The van der Waals surface area contributed by atoms with E-state index in [1.807, 2.05) is 6.92 Å². The van der Waals surface area contributed by atoms with E-state index >= 15 is 0 Å². The Labute approximate surface area is 121 Å². The molecule has 3 nitrogen and oxygen atoms in total. The molecule has 0 aliphatic carbocycles. The van der Waals surface area contributed by atoms with Gasteiger partial charge in [-0.1, -0.05) is 18.2 Å². The molecule has 0 fully saturated rings. The Balaban J connectivity index is 2.20. The standard InChI is InChI=1S/C16H16F2O3/c1-2-20-15-5-3-4-12(9-19)16(15)21-10-11-6-7-13(17)14(18)8-11/h3-8,19H,2,9-10H2,1H3. The van der Waals surface area contributed by atoms with Crippen molar-refractivity contribution in [2.45, 2.75) is 20.1 Å². The van der Waals surface area contributed by atoms with Crippen LogP contribution in [0.1, 0.15) is 18.1 Å². The van der Waals surface area contributed by atoms with Crippen LogP contribution < -0.4 is 9.47 Å². The first kappa shape index (κ1) is 15.3. The molecule has 0 heterocycles. The average molecular weight is 294 g/mol. The molecule has 0 aliphatic rings. The Kier molecular flexibility index (Phi) is 5.11. The van der Waals surface area contributed by atoms with Crippen LogP contribution >= 0.6 is 0 Å². The fraction of sp³-hybridized carbons (Fsp3) is 0.250. The van der Waals surface area contributed by atoms with E-state index in [0.717, 1.165) is 12.1 Å². The smallest absolute Gasteiger partial charge is 0.167 e. The Bertz CT molecular complexity index is 614. The molecule has 0 unspecified atom stereocenters. The van der Waals surface area contributed by atoms with Crippen LogP contribution in [0.4, 0.5) is 8.78 Å². The molecule has 0 saturated heterocycles. The fourth-order valence-electron chi connectivity index (χ4n) is 1.90. The van der Waals surface area contributed by atoms with Gasteiger partial charge in [-0.2, -0.15) is 0 Å². The maximum Gasteiger partial charge on any atom is 0.167 e. The van der Waals surface area contributed by atoms with Gasteiger partial charge in [0.15, 0.2) is 23.1 Å². The summed E-state index contributed by atoms with van der Waals surface area (Å²) in [5.41, 5.74) is 1.06. The number of hydrogen-bond acceptors (Lipinski definition) is 3. The van der Waals surface area contributed by atoms with Crippen molar-refractivity contribution in [1.29, 1.82) is 0 Å². The van der Waals surface area contributed by atoms with Crippen LogP contribution in [-0.4, -0.2) is 11.7 Å². The van der Waals surface area contributed by atoms with E-state index < -0.39 is 11.6 Å². The first-order valence-electron chi connectivity index (χ1n) is 6.58. The van der Waals surface area contributed by atoms with Crippen LogP contribution in [0.2, 0.25) is 0 Å². The first-order valence-corrected chi connectivity index (χ1v) is 6.58. The van der Waals surface area contributed by atoms with Gasteiger partial charge in [0.1, 0.15) is 6.61 Å². The maximum absolute atomic E-state index is 13.2. The van der Waals surface area contributed by atoms with Gasteiger partial charge in [0, 0.05) is 5.56 Å². The molecule has 0 saturated carbocycles. The Morgan fingerprint density at radius 3 is 2.52 bits per heavy atom. The lowest BCUT2D eigenvalue weighted by molar-refractivity contribution is 0.243. The molecular formula is C16H16F2O3. The van der Waals surface area contributed by atoms with Gasteiger partial charge in [-0.3, -0.25) is 0 Å². The lowest BCUT2D eigenvalue weighted by Gasteiger charge is -2.15. The number of aliphatic hydroxyl groups is 1. The second-order valence-corrected chi connectivity index (χ2v) is 4.37. The van der Waals surface area contributed by atoms with Crippen molar-refractivity contribution in [3.8, 4) is 11.5 Å². The van der Waals surface area contributed by atoms with Crippen LogP contribution in [-0.2, 0) is 13.2 Å². The number of rotatable bonds is 6. The summed E-state index contributed by atoms with van der Waals surface area (Å²) in [5, 5.41) is 9.34. The molecule has 2 aromatic carbocycles. The SMILES string of the molecule is CCOc1cccc(CO)c1OCc1ccc(F)c(F)c1. The predicted molar refractivity (Wildman–Crippen MR) is 74.2 cm³/mol. The van der Waals surface area contributed by atoms with Gasteiger partial charge in [0.05, 0.1) is 13.2 Å². The second kappa shape index (κ2) is 7.04. The van der Waals surface area contributed by atoms with E-state index in [2.05, 4.69) is 0 Å². The van der Waals surface area contributed by atoms with E-state index in [-0.39, 0.29) is 13.2 Å². The lowest BCUT2D eigenvalue weighted by Crippen LogP contribution is -2.03. The molecule has 5 heteroatoms. The van der Waals surface area contributed by atoms with Gasteiger partial charge in [0.25, 0.3) is 0 Å². The van der Waals surface area contributed by atoms with Gasteiger partial charge >= 0.3 is 0 Å². The highest BCUT2D eigenvalue weighted by Crippen LogP contribution is 2.32. The summed E-state index contributed by atoms with van der Waals surface area (Å²) in [5.74, 6) is -0.903. The van der Waals surface area contributed by atoms with Crippen LogP contribution in [0.3, 0.4) is 0 Å². The molecule has 0 spiro atoms. The van der Waals surface area contributed by atoms with E-state index in [4.69, 9.17) is 9.47 Å². The molecular weight excluding hydrogens is 278 g/mol. The number of hydrogen-bond donors (Lipinski definition) is 1. The van der Waals surface area contributed by atoms with E-state index in [1.165, 1.54) is 6.07 Å². The largest absolute Gasteiger partial charge is 0.490 e. The molecule has 0 aliphatic heterocycles. The van der Waals surface area contributed by atoms with Gasteiger partial charge in [0.2, 0.25) is 0 Å². The van der Waals surface area contributed by atoms with Crippen molar-refractivity contribution in [2.24, 2.45) is 0 Å². The molecule has 0 amide bonds. The summed E-state index contributed by atoms with van der Waals surface area (Å²) in [7, 11) is 0. The van der Waals surface area contributed by atoms with Gasteiger partial charge in [-0.25, -0.2) is 8.78 Å². The van der Waals surface area contributed by atoms with Gasteiger partial charge < -0.3 is 14.6 Å². The Morgan fingerprint density at radius 2 is 1.86 bits per heavy atom. The van der Waals surface area contributed by atoms with E-state index in [9.17, 15) is 13.9 Å². The quantitative estimate of drug-likeness (QED) is 0.887. The normalized spacial score (nSPS) is 10.5. The van der Waals surface area contributed by atoms with Crippen LogP contribution in [0.15, 0.2) is 36.4 Å². The fourth-order valence-corrected chi connectivity index (χ4v) is 1.90. The zero-order chi connectivity index (χ0) is 15.2. The van der Waals surface area contributed by atoms with Crippen LogP contribution in [0.5, 0.6) is 11.5 Å². The van der Waals surface area contributed by atoms with Crippen molar-refractivity contribution >= 4 is 0 Å². The summed E-state index contributed by atoms with van der Waals surface area (Å²) in [6.45, 7) is 2.14. The van der Waals surface area contributed by atoms with Crippen LogP contribution in [0, 0.1) is 11.6 Å². The molecule has 0 radical (unpaired) electrons. The maximum atomic E-state index is 13.2. The first-order chi connectivity index (χ1) is 10.2. The molecule has 0 bridgehead atoms. The van der Waals surface area contributed by atoms with Crippen molar-refractivity contribution in [3.63, 3.8) is 0 Å². The molecule has 21 heavy (non-hydrogen) atoms. The zero-order valence-electron chi connectivity index (χ0n) is 11.6. The van der Waals surface area contributed by atoms with Gasteiger partial charge in [-0.15, -0.1) is 0 Å². The monoisotopic (exact) mass is 294 g/mol. The lowest BCUT2D eigenvalue weighted by atomic mass is 10.2. The summed E-state index contributed by atoms with van der Waals surface area (Å²) in [6.07, 6.45) is 0. The third-order valence-corrected chi connectivity index (χ3v) is 2.90. The highest BCUT2D eigenvalue weighted by atomic mass is 19.2. The molecule has 2 rings (SSSR count). The minimum Gasteiger partial charge on any atom is -0.490 e. The van der Waals surface area contributed by atoms with E-state index in [0.29, 0.717) is 29.2 Å². The summed E-state index contributed by atoms with van der Waals surface area (Å²) >= 11 is 0. The number of para-hydroxylation sites is 1. The summed E-state index contributed by atoms with van der Waals surface area (Å²) in [6, 6.07) is 8.76. The second-order valence-electron chi connectivity index (χ2n) is 4.37. The average Bonchev–Trinajstić information content (AvgIpc) is 2.49. The summed E-state index contributed by atoms with van der Waals surface area (Å²) < 4.78 is 37.1. The third kappa shape index (κ3) is 3.70. The third-order valence-electron chi connectivity index (χ3n) is 2.90. The minimum absolute atomic E-state index is 0.0499. The Morgan fingerprint density at radius 1 is 1.05 bits per heavy atom. The number of benzene rings is 2.